The summed E-state index contributed by atoms with van der Waals surface area (Å²) in [6.45, 7) is 4.07. The molecule has 4 nitrogen and oxygen atoms in total. The fourth-order valence-corrected chi connectivity index (χ4v) is 2.79. The summed E-state index contributed by atoms with van der Waals surface area (Å²) in [6.07, 6.45) is 1.16. The first-order valence-electron chi connectivity index (χ1n) is 6.99. The van der Waals surface area contributed by atoms with Crippen LogP contribution in [0.3, 0.4) is 0 Å². The van der Waals surface area contributed by atoms with Crippen LogP contribution in [-0.2, 0) is 11.2 Å². The van der Waals surface area contributed by atoms with E-state index in [2.05, 4.69) is 16.2 Å². The number of amides is 1. The molecular weight excluding hydrogens is 314 g/mol. The van der Waals surface area contributed by atoms with Gasteiger partial charge in [0.15, 0.2) is 5.11 Å². The van der Waals surface area contributed by atoms with Crippen LogP contribution in [0.15, 0.2) is 35.0 Å². The first kappa shape index (κ1) is 16.5. The Bertz CT molecular complexity index is 653. The third-order valence-electron chi connectivity index (χ3n) is 3.39. The number of anilines is 1. The van der Waals surface area contributed by atoms with E-state index in [1.807, 2.05) is 48.9 Å². The van der Waals surface area contributed by atoms with Crippen LogP contribution in [0.25, 0.3) is 0 Å². The minimum absolute atomic E-state index is 0.0867. The first-order valence-corrected chi connectivity index (χ1v) is 8.34. The zero-order valence-corrected chi connectivity index (χ0v) is 14.2. The highest BCUT2D eigenvalue weighted by molar-refractivity contribution is 7.80. The van der Waals surface area contributed by atoms with Crippen molar-refractivity contribution in [2.24, 2.45) is 0 Å². The lowest BCUT2D eigenvalue weighted by atomic mass is 10.1. The van der Waals surface area contributed by atoms with Gasteiger partial charge in [-0.2, -0.15) is 11.3 Å². The summed E-state index contributed by atoms with van der Waals surface area (Å²) in [7, 11) is 0. The zero-order chi connectivity index (χ0) is 15.9. The maximum absolute atomic E-state index is 11.8. The van der Waals surface area contributed by atoms with Crippen molar-refractivity contribution >= 4 is 40.3 Å². The van der Waals surface area contributed by atoms with Crippen molar-refractivity contribution in [3.05, 3.63) is 51.7 Å². The molecule has 2 rings (SSSR count). The second-order valence-corrected chi connectivity index (χ2v) is 6.19. The lowest BCUT2D eigenvalue weighted by Gasteiger charge is -2.14. The fourth-order valence-electron chi connectivity index (χ4n) is 1.92. The van der Waals surface area contributed by atoms with Gasteiger partial charge in [-0.15, -0.1) is 0 Å². The van der Waals surface area contributed by atoms with Crippen LogP contribution in [0.2, 0.25) is 0 Å². The predicted molar refractivity (Wildman–Crippen MR) is 96.1 cm³/mol. The summed E-state index contributed by atoms with van der Waals surface area (Å²) in [5.41, 5.74) is 9.78. The summed E-state index contributed by atoms with van der Waals surface area (Å²) < 4.78 is 0. The fraction of sp³-hybridized carbons (Fsp3) is 0.250. The number of nitrogens with one attached hydrogen (secondary N) is 3. The smallest absolute Gasteiger partial charge is 0.238 e. The van der Waals surface area contributed by atoms with Gasteiger partial charge in [-0.05, 0) is 72.1 Å². The number of thiophene rings is 1. The lowest BCUT2D eigenvalue weighted by Crippen LogP contribution is -2.43. The van der Waals surface area contributed by atoms with E-state index in [1.165, 1.54) is 11.1 Å². The molecule has 1 aromatic carbocycles. The van der Waals surface area contributed by atoms with Gasteiger partial charge in [-0.3, -0.25) is 15.6 Å². The molecule has 1 amide bonds. The molecule has 0 unspecified atom stereocenters. The Labute approximate surface area is 139 Å². The Balaban J connectivity index is 1.75. The molecule has 0 aliphatic rings. The number of carbonyl (C=O) groups is 1. The topological polar surface area (TPSA) is 53.2 Å². The quantitative estimate of drug-likeness (QED) is 0.593. The molecule has 0 aliphatic carbocycles. The van der Waals surface area contributed by atoms with Crippen molar-refractivity contribution in [2.45, 2.75) is 26.7 Å². The van der Waals surface area contributed by atoms with Crippen LogP contribution in [0, 0.1) is 13.8 Å². The molecule has 0 spiro atoms. The minimum atomic E-state index is -0.0867. The van der Waals surface area contributed by atoms with E-state index < -0.39 is 0 Å². The van der Waals surface area contributed by atoms with E-state index in [-0.39, 0.29) is 5.91 Å². The van der Waals surface area contributed by atoms with Crippen LogP contribution < -0.4 is 16.2 Å². The van der Waals surface area contributed by atoms with E-state index >= 15 is 0 Å². The van der Waals surface area contributed by atoms with Gasteiger partial charge in [0.05, 0.1) is 0 Å². The second-order valence-electron chi connectivity index (χ2n) is 5.01. The van der Waals surface area contributed by atoms with Crippen LogP contribution in [0.1, 0.15) is 23.1 Å². The maximum Gasteiger partial charge on any atom is 0.238 e. The van der Waals surface area contributed by atoms with Crippen molar-refractivity contribution in [1.29, 1.82) is 0 Å². The van der Waals surface area contributed by atoms with E-state index in [1.54, 1.807) is 11.3 Å². The van der Waals surface area contributed by atoms with Gasteiger partial charge >= 0.3 is 0 Å². The van der Waals surface area contributed by atoms with E-state index in [0.717, 1.165) is 17.7 Å². The summed E-state index contributed by atoms with van der Waals surface area (Å²) in [5, 5.41) is 7.51. The van der Waals surface area contributed by atoms with Gasteiger partial charge in [-0.1, -0.05) is 12.1 Å². The highest BCUT2D eigenvalue weighted by atomic mass is 32.1. The summed E-state index contributed by atoms with van der Waals surface area (Å²) >= 11 is 6.82. The monoisotopic (exact) mass is 333 g/mol. The van der Waals surface area contributed by atoms with E-state index in [4.69, 9.17) is 12.2 Å². The molecular formula is C16H19N3OS2. The van der Waals surface area contributed by atoms with Gasteiger partial charge in [0.2, 0.25) is 5.91 Å². The highest BCUT2D eigenvalue weighted by Crippen LogP contribution is 2.17. The Hall–Kier alpha value is -1.92. The number of hydrazine groups is 1. The third kappa shape index (κ3) is 4.82. The normalized spacial score (nSPS) is 10.1. The van der Waals surface area contributed by atoms with Crippen LogP contribution in [-0.4, -0.2) is 11.0 Å². The summed E-state index contributed by atoms with van der Waals surface area (Å²) in [4.78, 5) is 11.8. The number of carbonyl (C=O) groups excluding carboxylic acids is 1. The molecule has 0 atom stereocenters. The minimum Gasteiger partial charge on any atom is -0.331 e. The number of hydrogen-bond acceptors (Lipinski definition) is 3. The average Bonchev–Trinajstić information content (AvgIpc) is 3.01. The molecule has 0 aliphatic heterocycles. The third-order valence-corrected chi connectivity index (χ3v) is 4.33. The van der Waals surface area contributed by atoms with Crippen LogP contribution >= 0.6 is 23.6 Å². The Morgan fingerprint density at radius 1 is 1.23 bits per heavy atom. The number of aryl methyl sites for hydroxylation is 2. The van der Waals surface area contributed by atoms with Crippen molar-refractivity contribution in [2.75, 3.05) is 5.32 Å². The number of hydrogen-bond donors (Lipinski definition) is 3. The molecule has 0 fully saturated rings. The molecule has 3 N–H and O–H groups in total. The summed E-state index contributed by atoms with van der Waals surface area (Å²) in [6, 6.07) is 7.99. The molecule has 2 aromatic rings. The number of thiocarbonyl (C=S) groups is 1. The number of rotatable bonds is 4. The molecule has 22 heavy (non-hydrogen) atoms. The van der Waals surface area contributed by atoms with Crippen molar-refractivity contribution in [3.8, 4) is 0 Å². The van der Waals surface area contributed by atoms with Gasteiger partial charge in [0, 0.05) is 12.1 Å². The average molecular weight is 333 g/mol. The van der Waals surface area contributed by atoms with Crippen molar-refractivity contribution in [3.63, 3.8) is 0 Å². The Morgan fingerprint density at radius 2 is 2.05 bits per heavy atom. The van der Waals surface area contributed by atoms with E-state index in [0.29, 0.717) is 11.5 Å². The molecule has 1 aromatic heterocycles. The molecule has 0 bridgehead atoms. The van der Waals surface area contributed by atoms with Gasteiger partial charge in [-0.25, -0.2) is 0 Å². The molecule has 116 valence electrons. The Morgan fingerprint density at radius 3 is 2.77 bits per heavy atom. The van der Waals surface area contributed by atoms with Gasteiger partial charge in [0.25, 0.3) is 0 Å². The van der Waals surface area contributed by atoms with E-state index in [9.17, 15) is 4.79 Å². The Kier molecular flexibility index (Phi) is 5.91. The summed E-state index contributed by atoms with van der Waals surface area (Å²) in [5.74, 6) is -0.0867. The van der Waals surface area contributed by atoms with Crippen molar-refractivity contribution < 1.29 is 4.79 Å². The van der Waals surface area contributed by atoms with Gasteiger partial charge < -0.3 is 5.32 Å². The SMILES string of the molecule is Cc1cccc(NC(=S)NNC(=O)CCc2ccsc2)c1C. The second kappa shape index (κ2) is 7.91. The molecule has 6 heteroatoms. The van der Waals surface area contributed by atoms with Gasteiger partial charge in [0.1, 0.15) is 0 Å². The predicted octanol–water partition coefficient (Wildman–Crippen LogP) is 3.32. The lowest BCUT2D eigenvalue weighted by molar-refractivity contribution is -0.121. The molecule has 0 radical (unpaired) electrons. The van der Waals surface area contributed by atoms with Crippen molar-refractivity contribution in [1.82, 2.24) is 10.9 Å². The standard InChI is InChI=1S/C16H19N3OS2/c1-11-4-3-5-14(12(11)2)17-16(21)19-18-15(20)7-6-13-8-9-22-10-13/h3-5,8-10H,6-7H2,1-2H3,(H,18,20)(H2,17,19,21). The zero-order valence-electron chi connectivity index (χ0n) is 12.6. The molecule has 0 saturated heterocycles. The maximum atomic E-state index is 11.8. The largest absolute Gasteiger partial charge is 0.331 e. The molecule has 1 heterocycles. The first-order chi connectivity index (χ1) is 10.6. The highest BCUT2D eigenvalue weighted by Gasteiger charge is 2.05. The van der Waals surface area contributed by atoms with Crippen LogP contribution in [0.4, 0.5) is 5.69 Å². The van der Waals surface area contributed by atoms with Crippen LogP contribution in [0.5, 0.6) is 0 Å². The number of benzene rings is 1. The molecule has 0 saturated carbocycles.